The quantitative estimate of drug-likeness (QED) is 0.867. The Labute approximate surface area is 125 Å². The van der Waals surface area contributed by atoms with Gasteiger partial charge in [-0.15, -0.1) is 0 Å². The number of aliphatic hydroxyl groups excluding tert-OH is 1. The van der Waals surface area contributed by atoms with Gasteiger partial charge in [-0.3, -0.25) is 9.69 Å². The van der Waals surface area contributed by atoms with E-state index in [0.717, 1.165) is 37.4 Å². The summed E-state index contributed by atoms with van der Waals surface area (Å²) < 4.78 is 5.09. The lowest BCUT2D eigenvalue weighted by molar-refractivity contribution is -0.118. The highest BCUT2D eigenvalue weighted by Crippen LogP contribution is 2.20. The number of carbonyl (C=O) groups excluding carboxylic acids is 1. The number of amides is 1. The van der Waals surface area contributed by atoms with Crippen LogP contribution in [0.25, 0.3) is 0 Å². The van der Waals surface area contributed by atoms with Crippen molar-refractivity contribution in [2.75, 3.05) is 32.1 Å². The maximum Gasteiger partial charge on any atom is 0.238 e. The summed E-state index contributed by atoms with van der Waals surface area (Å²) in [7, 11) is 1.61. The number of nitrogens with zero attached hydrogens (tertiary/aromatic N) is 1. The van der Waals surface area contributed by atoms with E-state index in [1.54, 1.807) is 7.11 Å². The van der Waals surface area contributed by atoms with Gasteiger partial charge in [-0.2, -0.15) is 0 Å². The number of aliphatic hydroxyl groups is 1. The Morgan fingerprint density at radius 3 is 2.81 bits per heavy atom. The fourth-order valence-electron chi connectivity index (χ4n) is 2.71. The zero-order valence-corrected chi connectivity index (χ0v) is 12.7. The molecule has 2 rings (SSSR count). The van der Waals surface area contributed by atoms with Crippen molar-refractivity contribution >= 4 is 11.6 Å². The number of hydrogen-bond donors (Lipinski definition) is 2. The standard InChI is InChI=1S/C16H24N2O3/c1-12(19)13-4-3-9-18(10-13)11-16(20)17-14-5-7-15(21-2)8-6-14/h5-8,12-13,19H,3-4,9-11H2,1-2H3,(H,17,20). The second-order valence-electron chi connectivity index (χ2n) is 5.65. The summed E-state index contributed by atoms with van der Waals surface area (Å²) in [5.74, 6) is 1.02. The number of ether oxygens (including phenoxy) is 1. The third-order valence-corrected chi connectivity index (χ3v) is 3.97. The minimum absolute atomic E-state index is 0.0218. The third kappa shape index (κ3) is 4.72. The van der Waals surface area contributed by atoms with E-state index in [0.29, 0.717) is 6.54 Å². The van der Waals surface area contributed by atoms with Crippen LogP contribution in [0.2, 0.25) is 0 Å². The van der Waals surface area contributed by atoms with E-state index in [1.807, 2.05) is 31.2 Å². The summed E-state index contributed by atoms with van der Waals surface area (Å²) in [6.45, 7) is 3.90. The average Bonchev–Trinajstić information content (AvgIpc) is 2.48. The van der Waals surface area contributed by atoms with E-state index in [1.165, 1.54) is 0 Å². The highest BCUT2D eigenvalue weighted by atomic mass is 16.5. The lowest BCUT2D eigenvalue weighted by atomic mass is 9.93. The molecule has 1 amide bonds. The van der Waals surface area contributed by atoms with Gasteiger partial charge < -0.3 is 15.2 Å². The third-order valence-electron chi connectivity index (χ3n) is 3.97. The second-order valence-corrected chi connectivity index (χ2v) is 5.65. The highest BCUT2D eigenvalue weighted by Gasteiger charge is 2.24. The van der Waals surface area contributed by atoms with Crippen LogP contribution in [0.3, 0.4) is 0 Å². The van der Waals surface area contributed by atoms with Gasteiger partial charge in [0.1, 0.15) is 5.75 Å². The maximum absolute atomic E-state index is 12.1. The predicted octanol–water partition coefficient (Wildman–Crippen LogP) is 1.73. The van der Waals surface area contributed by atoms with Gasteiger partial charge in [-0.25, -0.2) is 0 Å². The van der Waals surface area contributed by atoms with Crippen LogP contribution in [0.4, 0.5) is 5.69 Å². The Morgan fingerprint density at radius 2 is 2.19 bits per heavy atom. The molecule has 1 heterocycles. The van der Waals surface area contributed by atoms with Crippen molar-refractivity contribution in [2.24, 2.45) is 5.92 Å². The molecule has 0 aromatic heterocycles. The molecule has 0 bridgehead atoms. The van der Waals surface area contributed by atoms with Crippen molar-refractivity contribution in [2.45, 2.75) is 25.9 Å². The van der Waals surface area contributed by atoms with Crippen LogP contribution in [0, 0.1) is 5.92 Å². The number of benzene rings is 1. The molecule has 116 valence electrons. The van der Waals surface area contributed by atoms with Gasteiger partial charge in [0.2, 0.25) is 5.91 Å². The number of hydrogen-bond acceptors (Lipinski definition) is 4. The van der Waals surface area contributed by atoms with Gasteiger partial charge in [0.05, 0.1) is 19.8 Å². The monoisotopic (exact) mass is 292 g/mol. The second kappa shape index (κ2) is 7.43. The van der Waals surface area contributed by atoms with E-state index in [-0.39, 0.29) is 17.9 Å². The van der Waals surface area contributed by atoms with Crippen molar-refractivity contribution in [3.05, 3.63) is 24.3 Å². The Bertz CT molecular complexity index is 459. The van der Waals surface area contributed by atoms with Crippen molar-refractivity contribution in [1.29, 1.82) is 0 Å². The molecular weight excluding hydrogens is 268 g/mol. The molecule has 1 aromatic carbocycles. The van der Waals surface area contributed by atoms with Crippen molar-refractivity contribution < 1.29 is 14.6 Å². The predicted molar refractivity (Wildman–Crippen MR) is 82.5 cm³/mol. The summed E-state index contributed by atoms with van der Waals surface area (Å²) in [6.07, 6.45) is 1.76. The number of carbonyl (C=O) groups is 1. The van der Waals surface area contributed by atoms with Crippen LogP contribution >= 0.6 is 0 Å². The van der Waals surface area contributed by atoms with E-state index in [9.17, 15) is 9.90 Å². The topological polar surface area (TPSA) is 61.8 Å². The summed E-state index contributed by atoms with van der Waals surface area (Å²) in [4.78, 5) is 14.2. The average molecular weight is 292 g/mol. The first-order valence-corrected chi connectivity index (χ1v) is 7.43. The molecule has 21 heavy (non-hydrogen) atoms. The maximum atomic E-state index is 12.1. The molecule has 5 nitrogen and oxygen atoms in total. The molecule has 1 saturated heterocycles. The number of piperidine rings is 1. The number of nitrogens with one attached hydrogen (secondary N) is 1. The normalized spacial score (nSPS) is 20.8. The smallest absolute Gasteiger partial charge is 0.238 e. The molecule has 1 aliphatic rings. The first-order valence-electron chi connectivity index (χ1n) is 7.43. The summed E-state index contributed by atoms with van der Waals surface area (Å²) >= 11 is 0. The minimum atomic E-state index is -0.308. The van der Waals surface area contributed by atoms with Crippen LogP contribution in [-0.2, 0) is 4.79 Å². The van der Waals surface area contributed by atoms with Crippen LogP contribution in [0.1, 0.15) is 19.8 Å². The molecular formula is C16H24N2O3. The van der Waals surface area contributed by atoms with Gasteiger partial charge in [0.25, 0.3) is 0 Å². The Kier molecular flexibility index (Phi) is 5.59. The van der Waals surface area contributed by atoms with Crippen LogP contribution in [-0.4, -0.2) is 48.8 Å². The van der Waals surface area contributed by atoms with Crippen molar-refractivity contribution in [3.63, 3.8) is 0 Å². The number of likely N-dealkylation sites (tertiary alicyclic amines) is 1. The number of anilines is 1. The van der Waals surface area contributed by atoms with Crippen molar-refractivity contribution in [1.82, 2.24) is 4.90 Å². The lowest BCUT2D eigenvalue weighted by Gasteiger charge is -2.33. The number of rotatable bonds is 5. The lowest BCUT2D eigenvalue weighted by Crippen LogP contribution is -2.43. The molecule has 0 spiro atoms. The van der Waals surface area contributed by atoms with Gasteiger partial charge in [0, 0.05) is 12.2 Å². The molecule has 5 heteroatoms. The molecule has 2 N–H and O–H groups in total. The molecule has 0 saturated carbocycles. The van der Waals surface area contributed by atoms with Gasteiger partial charge in [-0.1, -0.05) is 0 Å². The van der Waals surface area contributed by atoms with E-state index in [4.69, 9.17) is 4.74 Å². The Morgan fingerprint density at radius 1 is 1.48 bits per heavy atom. The first kappa shape index (κ1) is 15.8. The Hall–Kier alpha value is -1.59. The molecule has 1 fully saturated rings. The minimum Gasteiger partial charge on any atom is -0.497 e. The van der Waals surface area contributed by atoms with Gasteiger partial charge in [0.15, 0.2) is 0 Å². The molecule has 1 aliphatic heterocycles. The van der Waals surface area contributed by atoms with Crippen LogP contribution < -0.4 is 10.1 Å². The fraction of sp³-hybridized carbons (Fsp3) is 0.562. The first-order chi connectivity index (χ1) is 10.1. The fourth-order valence-corrected chi connectivity index (χ4v) is 2.71. The Balaban J connectivity index is 1.83. The zero-order chi connectivity index (χ0) is 15.2. The van der Waals surface area contributed by atoms with Gasteiger partial charge >= 0.3 is 0 Å². The van der Waals surface area contributed by atoms with Gasteiger partial charge in [-0.05, 0) is 56.5 Å². The van der Waals surface area contributed by atoms with Crippen LogP contribution in [0.5, 0.6) is 5.75 Å². The zero-order valence-electron chi connectivity index (χ0n) is 12.7. The largest absolute Gasteiger partial charge is 0.497 e. The highest BCUT2D eigenvalue weighted by molar-refractivity contribution is 5.92. The molecule has 2 atom stereocenters. The van der Waals surface area contributed by atoms with E-state index in [2.05, 4.69) is 10.2 Å². The SMILES string of the molecule is COc1ccc(NC(=O)CN2CCCC(C(C)O)C2)cc1. The molecule has 0 radical (unpaired) electrons. The number of methoxy groups -OCH3 is 1. The van der Waals surface area contributed by atoms with E-state index >= 15 is 0 Å². The van der Waals surface area contributed by atoms with E-state index < -0.39 is 0 Å². The summed E-state index contributed by atoms with van der Waals surface area (Å²) in [5, 5.41) is 12.6. The van der Waals surface area contributed by atoms with Crippen molar-refractivity contribution in [3.8, 4) is 5.75 Å². The summed E-state index contributed by atoms with van der Waals surface area (Å²) in [5.41, 5.74) is 0.768. The van der Waals surface area contributed by atoms with Crippen LogP contribution in [0.15, 0.2) is 24.3 Å². The molecule has 0 aliphatic carbocycles. The molecule has 2 unspecified atom stereocenters. The summed E-state index contributed by atoms with van der Waals surface area (Å²) in [6, 6.07) is 7.29. The molecule has 1 aromatic rings.